The standard InChI is InChI=1S/C48H40Cl2N8O6/c1-5-7-21-58(48(61)45-32-11-9-13-38(63-4)34(32)24-41(50)56-45)26-42-53-35-19-16-29(22-36(35)54-42)39-25-51-46(64-39)28-14-17-30(18-15-28)52-43(59)27-57(20-6-2)47(60)44-31-10-8-12-37(62-3)33(31)23-40(49)55-44/h1,8-19,22-25H,6-7,20-21,26-27H2,2-4H3,(H,52,59)(H,53,54). The topological polar surface area (TPSA) is 169 Å². The van der Waals surface area contributed by atoms with Gasteiger partial charge in [-0.1, -0.05) is 54.4 Å². The highest BCUT2D eigenvalue weighted by molar-refractivity contribution is 6.31. The zero-order chi connectivity index (χ0) is 44.9. The Morgan fingerprint density at radius 1 is 0.781 bits per heavy atom. The third kappa shape index (κ3) is 9.03. The van der Waals surface area contributed by atoms with Crippen molar-refractivity contribution in [3.8, 4) is 46.6 Å². The number of oxazole rings is 1. The molecule has 0 aliphatic carbocycles. The van der Waals surface area contributed by atoms with Crippen LogP contribution in [-0.4, -0.2) is 86.3 Å². The number of terminal acetylenes is 1. The number of ether oxygens (including phenoxy) is 2. The van der Waals surface area contributed by atoms with Crippen LogP contribution in [0.3, 0.4) is 0 Å². The van der Waals surface area contributed by atoms with E-state index in [1.165, 1.54) is 4.90 Å². The highest BCUT2D eigenvalue weighted by atomic mass is 35.5. The number of rotatable bonds is 15. The van der Waals surface area contributed by atoms with E-state index in [2.05, 4.69) is 31.2 Å². The minimum atomic E-state index is -0.419. The third-order valence-electron chi connectivity index (χ3n) is 10.5. The molecule has 4 aromatic carbocycles. The minimum Gasteiger partial charge on any atom is -0.496 e. The molecular formula is C48H40Cl2N8O6. The van der Waals surface area contributed by atoms with Crippen molar-refractivity contribution >= 4 is 79.2 Å². The Labute approximate surface area is 377 Å². The van der Waals surface area contributed by atoms with E-state index in [1.54, 1.807) is 98.1 Å². The number of hydrogen-bond acceptors (Lipinski definition) is 10. The quantitative estimate of drug-likeness (QED) is 0.0747. The Bertz CT molecular complexity index is 3110. The number of methoxy groups -OCH3 is 2. The molecule has 64 heavy (non-hydrogen) atoms. The monoisotopic (exact) mass is 894 g/mol. The number of nitrogens with one attached hydrogen (secondary N) is 2. The average Bonchev–Trinajstić information content (AvgIpc) is 3.96. The summed E-state index contributed by atoms with van der Waals surface area (Å²) in [5.74, 6) is 4.04. The summed E-state index contributed by atoms with van der Waals surface area (Å²) in [5, 5.41) is 5.68. The van der Waals surface area contributed by atoms with E-state index in [0.29, 0.717) is 86.7 Å². The molecule has 4 heterocycles. The molecule has 0 fully saturated rings. The number of fused-ring (bicyclic) bond motifs is 3. The number of carbonyl (C=O) groups is 3. The lowest BCUT2D eigenvalue weighted by molar-refractivity contribution is -0.116. The second kappa shape index (κ2) is 18.9. The highest BCUT2D eigenvalue weighted by Crippen LogP contribution is 2.33. The van der Waals surface area contributed by atoms with E-state index < -0.39 is 5.91 Å². The van der Waals surface area contributed by atoms with Crippen molar-refractivity contribution in [2.24, 2.45) is 0 Å². The molecule has 3 amide bonds. The molecule has 0 spiro atoms. The van der Waals surface area contributed by atoms with Gasteiger partial charge in [-0.25, -0.2) is 19.9 Å². The van der Waals surface area contributed by atoms with Crippen molar-refractivity contribution in [3.05, 3.63) is 125 Å². The number of halogens is 2. The Morgan fingerprint density at radius 3 is 2.02 bits per heavy atom. The first-order valence-electron chi connectivity index (χ1n) is 20.2. The van der Waals surface area contributed by atoms with E-state index in [-0.39, 0.29) is 53.1 Å². The summed E-state index contributed by atoms with van der Waals surface area (Å²) in [4.78, 5) is 65.5. The molecule has 0 atom stereocenters. The van der Waals surface area contributed by atoms with Gasteiger partial charge in [0.15, 0.2) is 5.76 Å². The van der Waals surface area contributed by atoms with Gasteiger partial charge in [-0.2, -0.15) is 0 Å². The second-order valence-electron chi connectivity index (χ2n) is 14.7. The fraction of sp³-hybridized carbons (Fsp3) is 0.188. The van der Waals surface area contributed by atoms with E-state index in [0.717, 1.165) is 11.1 Å². The molecule has 0 radical (unpaired) electrons. The summed E-state index contributed by atoms with van der Waals surface area (Å²) < 4.78 is 17.2. The summed E-state index contributed by atoms with van der Waals surface area (Å²) in [7, 11) is 3.10. The van der Waals surface area contributed by atoms with Crippen LogP contribution in [-0.2, 0) is 11.3 Å². The number of amides is 3. The summed E-state index contributed by atoms with van der Waals surface area (Å²) in [5.41, 5.74) is 3.70. The predicted molar refractivity (Wildman–Crippen MR) is 247 cm³/mol. The maximum absolute atomic E-state index is 14.0. The van der Waals surface area contributed by atoms with Crippen molar-refractivity contribution in [1.82, 2.24) is 34.7 Å². The molecule has 2 N–H and O–H groups in total. The predicted octanol–water partition coefficient (Wildman–Crippen LogP) is 9.46. The normalized spacial score (nSPS) is 11.1. The summed E-state index contributed by atoms with van der Waals surface area (Å²) in [6.45, 7) is 2.46. The lowest BCUT2D eigenvalue weighted by Gasteiger charge is -2.22. The van der Waals surface area contributed by atoms with Gasteiger partial charge in [-0.15, -0.1) is 12.3 Å². The molecule has 0 aliphatic heterocycles. The number of carbonyl (C=O) groups excluding carboxylic acids is 3. The number of nitrogens with zero attached hydrogens (tertiary/aromatic N) is 6. The fourth-order valence-corrected chi connectivity index (χ4v) is 7.86. The zero-order valence-corrected chi connectivity index (χ0v) is 36.5. The lowest BCUT2D eigenvalue weighted by Crippen LogP contribution is -2.39. The number of hydrogen-bond donors (Lipinski definition) is 2. The SMILES string of the molecule is C#CCCN(Cc1nc2ccc(-c3cnc(-c4ccc(NC(=O)CN(CCC)C(=O)c5nc(Cl)cc6c(OC)cccc56)cc4)o3)cc2[nH]1)C(=O)c1nc(Cl)cc2c(OC)cccc12. The summed E-state index contributed by atoms with van der Waals surface area (Å²) >= 11 is 12.7. The van der Waals surface area contributed by atoms with Gasteiger partial charge in [0.2, 0.25) is 11.8 Å². The van der Waals surface area contributed by atoms with Crippen LogP contribution in [0.1, 0.15) is 46.6 Å². The van der Waals surface area contributed by atoms with Gasteiger partial charge in [0, 0.05) is 57.9 Å². The van der Waals surface area contributed by atoms with Crippen molar-refractivity contribution in [3.63, 3.8) is 0 Å². The Hall–Kier alpha value is -7.47. The molecule has 0 saturated heterocycles. The number of aromatic amines is 1. The van der Waals surface area contributed by atoms with Crippen LogP contribution in [0.2, 0.25) is 10.3 Å². The van der Waals surface area contributed by atoms with Crippen molar-refractivity contribution in [1.29, 1.82) is 0 Å². The van der Waals surface area contributed by atoms with E-state index in [1.807, 2.05) is 25.1 Å². The number of H-pyrrole nitrogens is 1. The van der Waals surface area contributed by atoms with Gasteiger partial charge in [0.25, 0.3) is 11.8 Å². The van der Waals surface area contributed by atoms with Crippen LogP contribution in [0.15, 0.2) is 102 Å². The second-order valence-corrected chi connectivity index (χ2v) is 15.5. The van der Waals surface area contributed by atoms with Crippen LogP contribution in [0.25, 0.3) is 55.4 Å². The van der Waals surface area contributed by atoms with Gasteiger partial charge >= 0.3 is 0 Å². The van der Waals surface area contributed by atoms with E-state index in [4.69, 9.17) is 48.5 Å². The molecule has 14 nitrogen and oxygen atoms in total. The first-order valence-corrected chi connectivity index (χ1v) is 21.0. The van der Waals surface area contributed by atoms with E-state index in [9.17, 15) is 14.4 Å². The Morgan fingerprint density at radius 2 is 1.41 bits per heavy atom. The first-order chi connectivity index (χ1) is 31.1. The molecule has 8 aromatic rings. The number of anilines is 1. The summed E-state index contributed by atoms with van der Waals surface area (Å²) in [6.07, 6.45) is 8.19. The molecular weight excluding hydrogens is 855 g/mol. The molecule has 0 bridgehead atoms. The minimum absolute atomic E-state index is 0.135. The fourth-order valence-electron chi connectivity index (χ4n) is 7.47. The molecule has 8 rings (SSSR count). The maximum Gasteiger partial charge on any atom is 0.273 e. The van der Waals surface area contributed by atoms with Gasteiger partial charge in [0.1, 0.15) is 45.6 Å². The van der Waals surface area contributed by atoms with Gasteiger partial charge < -0.3 is 34.0 Å². The van der Waals surface area contributed by atoms with Gasteiger partial charge in [-0.05, 0) is 73.2 Å². The van der Waals surface area contributed by atoms with Crippen LogP contribution in [0.4, 0.5) is 5.69 Å². The van der Waals surface area contributed by atoms with Crippen molar-refractivity contribution in [2.75, 3.05) is 39.2 Å². The molecule has 0 aliphatic rings. The average molecular weight is 896 g/mol. The van der Waals surface area contributed by atoms with Gasteiger partial charge in [-0.3, -0.25) is 14.4 Å². The van der Waals surface area contributed by atoms with E-state index >= 15 is 0 Å². The van der Waals surface area contributed by atoms with Gasteiger partial charge in [0.05, 0.1) is 38.0 Å². The summed E-state index contributed by atoms with van der Waals surface area (Å²) in [6, 6.07) is 26.7. The molecule has 0 saturated carbocycles. The Kier molecular flexibility index (Phi) is 12.7. The maximum atomic E-state index is 14.0. The van der Waals surface area contributed by atoms with Crippen LogP contribution in [0, 0.1) is 12.3 Å². The molecule has 16 heteroatoms. The highest BCUT2D eigenvalue weighted by Gasteiger charge is 2.25. The zero-order valence-electron chi connectivity index (χ0n) is 34.9. The lowest BCUT2D eigenvalue weighted by atomic mass is 10.1. The van der Waals surface area contributed by atoms with Crippen molar-refractivity contribution < 1.29 is 28.3 Å². The number of aromatic nitrogens is 5. The first kappa shape index (κ1) is 43.2. The van der Waals surface area contributed by atoms with Crippen LogP contribution < -0.4 is 14.8 Å². The molecule has 4 aromatic heterocycles. The molecule has 322 valence electrons. The Balaban J connectivity index is 0.943. The number of pyridine rings is 2. The molecule has 0 unspecified atom stereocenters. The van der Waals surface area contributed by atoms with Crippen LogP contribution >= 0.6 is 23.2 Å². The van der Waals surface area contributed by atoms with Crippen LogP contribution in [0.5, 0.6) is 11.5 Å². The number of imidazole rings is 1. The third-order valence-corrected chi connectivity index (χ3v) is 10.8. The number of benzene rings is 4. The smallest absolute Gasteiger partial charge is 0.273 e. The van der Waals surface area contributed by atoms with Crippen molar-refractivity contribution in [2.45, 2.75) is 26.3 Å². The largest absolute Gasteiger partial charge is 0.496 e.